The molecule has 0 aliphatic rings. The van der Waals surface area contributed by atoms with Gasteiger partial charge in [-0.15, -0.1) is 11.3 Å². The van der Waals surface area contributed by atoms with Crippen molar-refractivity contribution >= 4 is 17.3 Å². The molecule has 0 fully saturated rings. The molecule has 0 unspecified atom stereocenters. The number of aromatic nitrogens is 1. The molecule has 2 aromatic rings. The van der Waals surface area contributed by atoms with Crippen molar-refractivity contribution in [1.29, 1.82) is 0 Å². The van der Waals surface area contributed by atoms with Crippen molar-refractivity contribution in [3.05, 3.63) is 52.0 Å². The first kappa shape index (κ1) is 12.7. The molecule has 4 nitrogen and oxygen atoms in total. The van der Waals surface area contributed by atoms with E-state index in [1.807, 2.05) is 24.4 Å². The van der Waals surface area contributed by atoms with Gasteiger partial charge in [0.15, 0.2) is 0 Å². The molecule has 18 heavy (non-hydrogen) atoms. The Morgan fingerprint density at radius 3 is 2.94 bits per heavy atom. The van der Waals surface area contributed by atoms with Crippen LogP contribution in [-0.2, 0) is 17.8 Å². The molecule has 0 spiro atoms. The Kier molecular flexibility index (Phi) is 4.44. The number of carbonyl (C=O) groups excluding carboxylic acids is 1. The van der Waals surface area contributed by atoms with Gasteiger partial charge in [0.05, 0.1) is 18.2 Å². The van der Waals surface area contributed by atoms with E-state index in [9.17, 15) is 4.79 Å². The van der Waals surface area contributed by atoms with Crippen LogP contribution in [0.1, 0.15) is 20.8 Å². The van der Waals surface area contributed by atoms with Crippen molar-refractivity contribution in [3.63, 3.8) is 0 Å². The fourth-order valence-electron chi connectivity index (χ4n) is 1.63. The van der Waals surface area contributed by atoms with Gasteiger partial charge in [-0.2, -0.15) is 0 Å². The lowest BCUT2D eigenvalue weighted by atomic mass is 10.1. The maximum atomic E-state index is 11.6. The summed E-state index contributed by atoms with van der Waals surface area (Å²) in [5.41, 5.74) is 3.35. The maximum Gasteiger partial charge on any atom is 0.338 e. The van der Waals surface area contributed by atoms with E-state index < -0.39 is 0 Å². The molecule has 5 heteroatoms. The van der Waals surface area contributed by atoms with E-state index in [4.69, 9.17) is 4.74 Å². The minimum atomic E-state index is -0.301. The number of thiazole rings is 1. The first-order chi connectivity index (χ1) is 8.81. The first-order valence-electron chi connectivity index (χ1n) is 5.55. The summed E-state index contributed by atoms with van der Waals surface area (Å²) in [6.07, 6.45) is 1.84. The van der Waals surface area contributed by atoms with Crippen LogP contribution < -0.4 is 5.32 Å². The zero-order chi connectivity index (χ0) is 12.8. The SMILES string of the molecule is COC(=O)c1ccccc1CNCc1cncs1. The maximum absolute atomic E-state index is 11.6. The molecule has 94 valence electrons. The summed E-state index contributed by atoms with van der Waals surface area (Å²) >= 11 is 1.61. The molecule has 0 bridgehead atoms. The summed E-state index contributed by atoms with van der Waals surface area (Å²) in [4.78, 5) is 16.8. The van der Waals surface area contributed by atoms with E-state index in [0.717, 1.165) is 12.1 Å². The second-order valence-electron chi connectivity index (χ2n) is 3.72. The number of nitrogens with one attached hydrogen (secondary N) is 1. The van der Waals surface area contributed by atoms with Gasteiger partial charge in [-0.3, -0.25) is 4.98 Å². The Morgan fingerprint density at radius 1 is 1.39 bits per heavy atom. The van der Waals surface area contributed by atoms with Crippen molar-refractivity contribution < 1.29 is 9.53 Å². The van der Waals surface area contributed by atoms with Crippen molar-refractivity contribution in [2.24, 2.45) is 0 Å². The van der Waals surface area contributed by atoms with Gasteiger partial charge in [-0.25, -0.2) is 4.79 Å². The highest BCUT2D eigenvalue weighted by Crippen LogP contribution is 2.11. The van der Waals surface area contributed by atoms with E-state index in [1.54, 1.807) is 22.9 Å². The lowest BCUT2D eigenvalue weighted by Crippen LogP contribution is -2.15. The molecule has 0 atom stereocenters. The van der Waals surface area contributed by atoms with Crippen LogP contribution in [0.25, 0.3) is 0 Å². The molecule has 0 aliphatic carbocycles. The van der Waals surface area contributed by atoms with E-state index in [1.165, 1.54) is 12.0 Å². The summed E-state index contributed by atoms with van der Waals surface area (Å²) in [6, 6.07) is 7.44. The highest BCUT2D eigenvalue weighted by molar-refractivity contribution is 7.09. The molecule has 1 heterocycles. The summed E-state index contributed by atoms with van der Waals surface area (Å²) in [5, 5.41) is 3.29. The number of methoxy groups -OCH3 is 1. The second kappa shape index (κ2) is 6.28. The number of carbonyl (C=O) groups is 1. The molecule has 2 rings (SSSR count). The van der Waals surface area contributed by atoms with E-state index in [-0.39, 0.29) is 5.97 Å². The van der Waals surface area contributed by atoms with Gasteiger partial charge < -0.3 is 10.1 Å². The monoisotopic (exact) mass is 262 g/mol. The standard InChI is InChI=1S/C13H14N2O2S/c1-17-13(16)12-5-3-2-4-10(12)6-14-7-11-8-15-9-18-11/h2-5,8-9,14H,6-7H2,1H3. The lowest BCUT2D eigenvalue weighted by molar-refractivity contribution is 0.0599. The van der Waals surface area contributed by atoms with Gasteiger partial charge in [0.25, 0.3) is 0 Å². The van der Waals surface area contributed by atoms with Gasteiger partial charge in [0.2, 0.25) is 0 Å². The van der Waals surface area contributed by atoms with Crippen molar-refractivity contribution in [2.75, 3.05) is 7.11 Å². The number of hydrogen-bond donors (Lipinski definition) is 1. The average Bonchev–Trinajstić information content (AvgIpc) is 2.92. The Bertz CT molecular complexity index is 511. The van der Waals surface area contributed by atoms with E-state index >= 15 is 0 Å². The minimum absolute atomic E-state index is 0.301. The van der Waals surface area contributed by atoms with Crippen LogP contribution in [-0.4, -0.2) is 18.1 Å². The molecular formula is C13H14N2O2S. The first-order valence-corrected chi connectivity index (χ1v) is 6.43. The van der Waals surface area contributed by atoms with Gasteiger partial charge >= 0.3 is 5.97 Å². The third-order valence-electron chi connectivity index (χ3n) is 2.52. The highest BCUT2D eigenvalue weighted by Gasteiger charge is 2.10. The molecule has 0 aliphatic heterocycles. The zero-order valence-corrected chi connectivity index (χ0v) is 10.9. The number of esters is 1. The van der Waals surface area contributed by atoms with E-state index in [0.29, 0.717) is 12.1 Å². The van der Waals surface area contributed by atoms with Crippen LogP contribution in [0.3, 0.4) is 0 Å². The summed E-state index contributed by atoms with van der Waals surface area (Å²) < 4.78 is 4.75. The second-order valence-corrected chi connectivity index (χ2v) is 4.69. The summed E-state index contributed by atoms with van der Waals surface area (Å²) in [7, 11) is 1.39. The van der Waals surface area contributed by atoms with Gasteiger partial charge in [-0.05, 0) is 11.6 Å². The number of rotatable bonds is 5. The van der Waals surface area contributed by atoms with Crippen LogP contribution in [0.15, 0.2) is 36.0 Å². The Morgan fingerprint density at radius 2 is 2.22 bits per heavy atom. The Hall–Kier alpha value is -1.72. The van der Waals surface area contributed by atoms with E-state index in [2.05, 4.69) is 10.3 Å². The van der Waals surface area contributed by atoms with Crippen molar-refractivity contribution in [1.82, 2.24) is 10.3 Å². The molecular weight excluding hydrogens is 248 g/mol. The van der Waals surface area contributed by atoms with Gasteiger partial charge in [0, 0.05) is 24.2 Å². The quantitative estimate of drug-likeness (QED) is 0.839. The molecule has 0 saturated heterocycles. The van der Waals surface area contributed by atoms with Crippen LogP contribution in [0.2, 0.25) is 0 Å². The third kappa shape index (κ3) is 3.15. The molecule has 1 aromatic heterocycles. The Balaban J connectivity index is 1.98. The van der Waals surface area contributed by atoms with Crippen LogP contribution in [0.4, 0.5) is 0 Å². The fourth-order valence-corrected chi connectivity index (χ4v) is 2.20. The number of benzene rings is 1. The summed E-state index contributed by atoms with van der Waals surface area (Å²) in [6.45, 7) is 1.38. The van der Waals surface area contributed by atoms with Crippen molar-refractivity contribution in [3.8, 4) is 0 Å². The average molecular weight is 262 g/mol. The zero-order valence-electron chi connectivity index (χ0n) is 10.1. The largest absolute Gasteiger partial charge is 0.465 e. The smallest absolute Gasteiger partial charge is 0.338 e. The van der Waals surface area contributed by atoms with Crippen LogP contribution in [0, 0.1) is 0 Å². The molecule has 1 N–H and O–H groups in total. The number of ether oxygens (including phenoxy) is 1. The normalized spacial score (nSPS) is 10.3. The minimum Gasteiger partial charge on any atom is -0.465 e. The molecule has 0 saturated carbocycles. The topological polar surface area (TPSA) is 51.2 Å². The highest BCUT2D eigenvalue weighted by atomic mass is 32.1. The molecule has 0 radical (unpaired) electrons. The number of nitrogens with zero attached hydrogens (tertiary/aromatic N) is 1. The third-order valence-corrected chi connectivity index (χ3v) is 3.30. The molecule has 1 aromatic carbocycles. The van der Waals surface area contributed by atoms with Gasteiger partial charge in [-0.1, -0.05) is 18.2 Å². The predicted octanol–water partition coefficient (Wildman–Crippen LogP) is 2.22. The van der Waals surface area contributed by atoms with Gasteiger partial charge in [0.1, 0.15) is 0 Å². The van der Waals surface area contributed by atoms with Crippen LogP contribution in [0.5, 0.6) is 0 Å². The fraction of sp³-hybridized carbons (Fsp3) is 0.231. The molecule has 0 amide bonds. The van der Waals surface area contributed by atoms with Crippen LogP contribution >= 0.6 is 11.3 Å². The summed E-state index contributed by atoms with van der Waals surface area (Å²) in [5.74, 6) is -0.301. The predicted molar refractivity (Wildman–Crippen MR) is 70.4 cm³/mol. The van der Waals surface area contributed by atoms with Crippen molar-refractivity contribution in [2.45, 2.75) is 13.1 Å². The number of hydrogen-bond acceptors (Lipinski definition) is 5. The lowest BCUT2D eigenvalue weighted by Gasteiger charge is -2.08. The Labute approximate surface area is 110 Å².